The maximum absolute atomic E-state index is 5.57. The van der Waals surface area contributed by atoms with Crippen LogP contribution in [0.25, 0.3) is 0 Å². The third kappa shape index (κ3) is 4.58. The molecular weight excluding hydrogens is 326 g/mol. The summed E-state index contributed by atoms with van der Waals surface area (Å²) in [5, 5.41) is 6.99. The maximum Gasteiger partial charge on any atom is 0.191 e. The minimum Gasteiger partial charge on any atom is -0.468 e. The highest BCUT2D eigenvalue weighted by Crippen LogP contribution is 2.20. The molecule has 26 heavy (non-hydrogen) atoms. The Hall–Kier alpha value is -2.47. The van der Waals surface area contributed by atoms with Crippen molar-refractivity contribution >= 4 is 11.6 Å². The van der Waals surface area contributed by atoms with E-state index >= 15 is 0 Å². The Morgan fingerprint density at radius 2 is 2.08 bits per heavy atom. The van der Waals surface area contributed by atoms with Crippen LogP contribution in [0.15, 0.2) is 58.1 Å². The molecule has 3 rings (SSSR count). The summed E-state index contributed by atoms with van der Waals surface area (Å²) in [5.41, 5.74) is 1.28. The van der Waals surface area contributed by atoms with Gasteiger partial charge in [0, 0.05) is 38.4 Å². The van der Waals surface area contributed by atoms with Crippen LogP contribution in [0.2, 0.25) is 0 Å². The van der Waals surface area contributed by atoms with Gasteiger partial charge >= 0.3 is 0 Å². The van der Waals surface area contributed by atoms with Gasteiger partial charge in [-0.15, -0.1) is 0 Å². The molecule has 0 saturated carbocycles. The summed E-state index contributed by atoms with van der Waals surface area (Å²) in [6, 6.07) is 15.1. The molecule has 1 aromatic heterocycles. The van der Waals surface area contributed by atoms with Crippen molar-refractivity contribution in [1.82, 2.24) is 15.5 Å². The number of hydrogen-bond acceptors (Lipinski definition) is 4. The molecular formula is C20H29N5O. The van der Waals surface area contributed by atoms with Crippen LogP contribution in [0.5, 0.6) is 0 Å². The van der Waals surface area contributed by atoms with Crippen LogP contribution in [0.1, 0.15) is 18.2 Å². The highest BCUT2D eigenvalue weighted by atomic mass is 16.3. The van der Waals surface area contributed by atoms with Crippen molar-refractivity contribution in [1.29, 1.82) is 0 Å². The Morgan fingerprint density at radius 1 is 1.27 bits per heavy atom. The molecule has 0 spiro atoms. The van der Waals surface area contributed by atoms with Crippen molar-refractivity contribution in [2.24, 2.45) is 4.99 Å². The highest BCUT2D eigenvalue weighted by molar-refractivity contribution is 5.80. The van der Waals surface area contributed by atoms with Gasteiger partial charge in [-0.25, -0.2) is 0 Å². The first-order valence-electron chi connectivity index (χ1n) is 9.14. The van der Waals surface area contributed by atoms with E-state index in [1.807, 2.05) is 19.2 Å². The average Bonchev–Trinajstić information content (AvgIpc) is 3.33. The van der Waals surface area contributed by atoms with Crippen LogP contribution < -0.4 is 15.5 Å². The largest absolute Gasteiger partial charge is 0.468 e. The summed E-state index contributed by atoms with van der Waals surface area (Å²) >= 11 is 0. The quantitative estimate of drug-likeness (QED) is 0.615. The molecule has 2 atom stereocenters. The molecule has 0 radical (unpaired) electrons. The van der Waals surface area contributed by atoms with Crippen molar-refractivity contribution in [2.75, 3.05) is 45.7 Å². The van der Waals surface area contributed by atoms with E-state index in [0.717, 1.165) is 37.8 Å². The lowest BCUT2D eigenvalue weighted by Gasteiger charge is -2.25. The van der Waals surface area contributed by atoms with Gasteiger partial charge in [-0.1, -0.05) is 18.2 Å². The van der Waals surface area contributed by atoms with E-state index in [4.69, 9.17) is 4.42 Å². The molecule has 1 aromatic carbocycles. The van der Waals surface area contributed by atoms with Gasteiger partial charge in [0.15, 0.2) is 5.96 Å². The Balaban J connectivity index is 1.52. The third-order valence-corrected chi connectivity index (χ3v) is 4.83. The fourth-order valence-corrected chi connectivity index (χ4v) is 3.35. The SMILES string of the molecule is CN=C(NCC(c1ccco1)N(C)C)NC1CCN(c2ccccc2)C1. The number of benzene rings is 1. The summed E-state index contributed by atoms with van der Waals surface area (Å²) in [7, 11) is 5.93. The van der Waals surface area contributed by atoms with E-state index in [1.54, 1.807) is 6.26 Å². The first-order chi connectivity index (χ1) is 12.7. The maximum atomic E-state index is 5.57. The number of aliphatic imine (C=N–C) groups is 1. The molecule has 2 aromatic rings. The minimum absolute atomic E-state index is 0.160. The van der Waals surface area contributed by atoms with E-state index in [0.29, 0.717) is 6.04 Å². The summed E-state index contributed by atoms with van der Waals surface area (Å²) in [6.07, 6.45) is 2.82. The second kappa shape index (κ2) is 8.76. The van der Waals surface area contributed by atoms with Gasteiger partial charge in [0.2, 0.25) is 0 Å². The van der Waals surface area contributed by atoms with Crippen molar-refractivity contribution in [2.45, 2.75) is 18.5 Å². The van der Waals surface area contributed by atoms with Gasteiger partial charge in [-0.2, -0.15) is 0 Å². The van der Waals surface area contributed by atoms with E-state index in [9.17, 15) is 0 Å². The predicted molar refractivity (Wildman–Crippen MR) is 107 cm³/mol. The number of rotatable bonds is 6. The topological polar surface area (TPSA) is 56.0 Å². The summed E-state index contributed by atoms with van der Waals surface area (Å²) < 4.78 is 5.57. The van der Waals surface area contributed by atoms with Gasteiger partial charge in [-0.05, 0) is 44.8 Å². The molecule has 1 fully saturated rings. The summed E-state index contributed by atoms with van der Waals surface area (Å²) in [4.78, 5) is 8.95. The average molecular weight is 355 g/mol. The first kappa shape index (κ1) is 18.3. The van der Waals surface area contributed by atoms with Crippen molar-refractivity contribution in [3.05, 3.63) is 54.5 Å². The van der Waals surface area contributed by atoms with Gasteiger partial charge in [0.1, 0.15) is 5.76 Å². The number of nitrogens with one attached hydrogen (secondary N) is 2. The Kier molecular flexibility index (Phi) is 6.17. The number of guanidine groups is 1. The molecule has 2 unspecified atom stereocenters. The van der Waals surface area contributed by atoms with Crippen LogP contribution >= 0.6 is 0 Å². The number of hydrogen-bond donors (Lipinski definition) is 2. The smallest absolute Gasteiger partial charge is 0.191 e. The van der Waals surface area contributed by atoms with Crippen molar-refractivity contribution in [3.8, 4) is 0 Å². The van der Waals surface area contributed by atoms with Crippen molar-refractivity contribution in [3.63, 3.8) is 0 Å². The van der Waals surface area contributed by atoms with Crippen LogP contribution in [-0.2, 0) is 0 Å². The molecule has 1 aliphatic heterocycles. The molecule has 1 aliphatic rings. The van der Waals surface area contributed by atoms with Crippen molar-refractivity contribution < 1.29 is 4.42 Å². The van der Waals surface area contributed by atoms with Crippen LogP contribution in [0, 0.1) is 0 Å². The number of nitrogens with zero attached hydrogens (tertiary/aromatic N) is 3. The molecule has 0 bridgehead atoms. The second-order valence-corrected chi connectivity index (χ2v) is 6.86. The first-order valence-corrected chi connectivity index (χ1v) is 9.14. The lowest BCUT2D eigenvalue weighted by Crippen LogP contribution is -2.46. The lowest BCUT2D eigenvalue weighted by atomic mass is 10.2. The van der Waals surface area contributed by atoms with Crippen LogP contribution in [0.3, 0.4) is 0 Å². The number of furan rings is 1. The van der Waals surface area contributed by atoms with Gasteiger partial charge < -0.3 is 20.0 Å². The van der Waals surface area contributed by atoms with Crippen LogP contribution in [0.4, 0.5) is 5.69 Å². The second-order valence-electron chi connectivity index (χ2n) is 6.86. The molecule has 0 aliphatic carbocycles. The Bertz CT molecular complexity index is 683. The molecule has 6 heteroatoms. The Labute approximate surface area is 155 Å². The summed E-state index contributed by atoms with van der Waals surface area (Å²) in [5.74, 6) is 1.79. The molecule has 2 heterocycles. The highest BCUT2D eigenvalue weighted by Gasteiger charge is 2.24. The zero-order valence-corrected chi connectivity index (χ0v) is 15.9. The summed E-state index contributed by atoms with van der Waals surface area (Å²) in [6.45, 7) is 2.78. The number of para-hydroxylation sites is 1. The Morgan fingerprint density at radius 3 is 2.73 bits per heavy atom. The van der Waals surface area contributed by atoms with E-state index in [2.05, 4.69) is 69.9 Å². The molecule has 140 valence electrons. The van der Waals surface area contributed by atoms with Gasteiger partial charge in [-0.3, -0.25) is 9.89 Å². The molecule has 1 saturated heterocycles. The number of anilines is 1. The molecule has 2 N–H and O–H groups in total. The molecule has 0 amide bonds. The monoisotopic (exact) mass is 355 g/mol. The predicted octanol–water partition coefficient (Wildman–Crippen LogP) is 2.33. The van der Waals surface area contributed by atoms with E-state index in [1.165, 1.54) is 5.69 Å². The molecule has 6 nitrogen and oxygen atoms in total. The van der Waals surface area contributed by atoms with Crippen LogP contribution in [-0.4, -0.2) is 57.7 Å². The number of likely N-dealkylation sites (N-methyl/N-ethyl adjacent to an activating group) is 1. The van der Waals surface area contributed by atoms with Gasteiger partial charge in [0.25, 0.3) is 0 Å². The third-order valence-electron chi connectivity index (χ3n) is 4.83. The minimum atomic E-state index is 0.160. The normalized spacial score (nSPS) is 19.0. The van der Waals surface area contributed by atoms with E-state index < -0.39 is 0 Å². The zero-order chi connectivity index (χ0) is 18.4. The fraction of sp³-hybridized carbons (Fsp3) is 0.450. The van der Waals surface area contributed by atoms with Gasteiger partial charge in [0.05, 0.1) is 12.3 Å². The fourth-order valence-electron chi connectivity index (χ4n) is 3.35. The standard InChI is InChI=1S/C20H29N5O/c1-21-20(22-14-18(24(2)3)19-10-7-13-26-19)23-16-11-12-25(15-16)17-8-5-4-6-9-17/h4-10,13,16,18H,11-12,14-15H2,1-3H3,(H2,21,22,23). The lowest BCUT2D eigenvalue weighted by molar-refractivity contribution is 0.258. The zero-order valence-electron chi connectivity index (χ0n) is 15.9. The van der Waals surface area contributed by atoms with E-state index in [-0.39, 0.29) is 6.04 Å².